The summed E-state index contributed by atoms with van der Waals surface area (Å²) in [5.74, 6) is 0.624. The van der Waals surface area contributed by atoms with Crippen LogP contribution in [0.25, 0.3) is 0 Å². The fourth-order valence-electron chi connectivity index (χ4n) is 2.18. The van der Waals surface area contributed by atoms with Gasteiger partial charge in [0.1, 0.15) is 0 Å². The standard InChI is InChI=1S/C16H19NO2/c1-11-6-4-5-7-14(11)12(2)17-13-8-9-16(19-3)15(18)10-13/h4-10,12,17-18H,1-3H3. The number of phenolic OH excluding ortho intramolecular Hbond substituents is 1. The number of phenols is 1. The van der Waals surface area contributed by atoms with Gasteiger partial charge in [-0.2, -0.15) is 0 Å². The van der Waals surface area contributed by atoms with E-state index in [2.05, 4.69) is 31.3 Å². The number of methoxy groups -OCH3 is 1. The molecule has 0 aliphatic carbocycles. The minimum absolute atomic E-state index is 0.143. The van der Waals surface area contributed by atoms with E-state index in [0.29, 0.717) is 5.75 Å². The van der Waals surface area contributed by atoms with Crippen LogP contribution in [0.4, 0.5) is 5.69 Å². The van der Waals surface area contributed by atoms with E-state index >= 15 is 0 Å². The molecule has 0 heterocycles. The first kappa shape index (κ1) is 13.3. The average molecular weight is 257 g/mol. The third kappa shape index (κ3) is 2.99. The topological polar surface area (TPSA) is 41.5 Å². The summed E-state index contributed by atoms with van der Waals surface area (Å²) < 4.78 is 5.03. The molecule has 0 aliphatic rings. The number of rotatable bonds is 4. The average Bonchev–Trinajstić information content (AvgIpc) is 2.39. The molecule has 2 aromatic rings. The van der Waals surface area contributed by atoms with Crippen LogP contribution in [0.5, 0.6) is 11.5 Å². The van der Waals surface area contributed by atoms with Crippen molar-refractivity contribution in [2.45, 2.75) is 19.9 Å². The Morgan fingerprint density at radius 2 is 1.89 bits per heavy atom. The first-order chi connectivity index (χ1) is 9.11. The van der Waals surface area contributed by atoms with Gasteiger partial charge in [-0.1, -0.05) is 24.3 Å². The second-order valence-corrected chi connectivity index (χ2v) is 4.61. The summed E-state index contributed by atoms with van der Waals surface area (Å²) in [6.07, 6.45) is 0. The zero-order valence-corrected chi connectivity index (χ0v) is 11.5. The first-order valence-corrected chi connectivity index (χ1v) is 6.31. The molecule has 2 aromatic carbocycles. The molecule has 0 radical (unpaired) electrons. The molecule has 1 unspecified atom stereocenters. The predicted octanol–water partition coefficient (Wildman–Crippen LogP) is 3.88. The molecular formula is C16H19NO2. The molecule has 0 bridgehead atoms. The van der Waals surface area contributed by atoms with Crippen molar-refractivity contribution >= 4 is 5.69 Å². The minimum Gasteiger partial charge on any atom is -0.504 e. The summed E-state index contributed by atoms with van der Waals surface area (Å²) in [5, 5.41) is 13.1. The Balaban J connectivity index is 2.17. The molecule has 100 valence electrons. The fourth-order valence-corrected chi connectivity index (χ4v) is 2.18. The van der Waals surface area contributed by atoms with Crippen LogP contribution in [0.3, 0.4) is 0 Å². The Kier molecular flexibility index (Phi) is 3.95. The van der Waals surface area contributed by atoms with Gasteiger partial charge < -0.3 is 15.2 Å². The molecule has 3 nitrogen and oxygen atoms in total. The number of aryl methyl sites for hydroxylation is 1. The predicted molar refractivity (Wildman–Crippen MR) is 77.9 cm³/mol. The minimum atomic E-state index is 0.143. The summed E-state index contributed by atoms with van der Waals surface area (Å²) in [5.41, 5.74) is 3.37. The van der Waals surface area contributed by atoms with Crippen LogP contribution in [0.15, 0.2) is 42.5 Å². The Morgan fingerprint density at radius 3 is 2.53 bits per heavy atom. The van der Waals surface area contributed by atoms with Crippen LogP contribution in [0.2, 0.25) is 0 Å². The molecule has 0 spiro atoms. The van der Waals surface area contributed by atoms with Gasteiger partial charge >= 0.3 is 0 Å². The highest BCUT2D eigenvalue weighted by atomic mass is 16.5. The van der Waals surface area contributed by atoms with Crippen LogP contribution in [-0.2, 0) is 0 Å². The number of aromatic hydroxyl groups is 1. The van der Waals surface area contributed by atoms with Gasteiger partial charge in [-0.05, 0) is 37.1 Å². The van der Waals surface area contributed by atoms with Crippen LogP contribution < -0.4 is 10.1 Å². The monoisotopic (exact) mass is 257 g/mol. The van der Waals surface area contributed by atoms with E-state index < -0.39 is 0 Å². The smallest absolute Gasteiger partial charge is 0.160 e. The molecule has 0 aromatic heterocycles. The van der Waals surface area contributed by atoms with E-state index in [-0.39, 0.29) is 11.8 Å². The maximum absolute atomic E-state index is 9.76. The van der Waals surface area contributed by atoms with Crippen LogP contribution in [0.1, 0.15) is 24.1 Å². The SMILES string of the molecule is COc1ccc(NC(C)c2ccccc2C)cc1O. The summed E-state index contributed by atoms with van der Waals surface area (Å²) in [6, 6.07) is 13.8. The number of anilines is 1. The van der Waals surface area contributed by atoms with Gasteiger partial charge in [0.2, 0.25) is 0 Å². The molecule has 2 rings (SSSR count). The largest absolute Gasteiger partial charge is 0.504 e. The van der Waals surface area contributed by atoms with Crippen molar-refractivity contribution in [3.8, 4) is 11.5 Å². The molecule has 0 aliphatic heterocycles. The van der Waals surface area contributed by atoms with Crippen molar-refractivity contribution in [2.75, 3.05) is 12.4 Å². The van der Waals surface area contributed by atoms with Gasteiger partial charge in [0.05, 0.1) is 7.11 Å². The lowest BCUT2D eigenvalue weighted by atomic mass is 10.0. The zero-order valence-electron chi connectivity index (χ0n) is 11.5. The van der Waals surface area contributed by atoms with Crippen molar-refractivity contribution < 1.29 is 9.84 Å². The quantitative estimate of drug-likeness (QED) is 0.873. The van der Waals surface area contributed by atoms with E-state index in [1.165, 1.54) is 18.2 Å². The Morgan fingerprint density at radius 1 is 1.16 bits per heavy atom. The van der Waals surface area contributed by atoms with Gasteiger partial charge in [0.15, 0.2) is 11.5 Å². The highest BCUT2D eigenvalue weighted by molar-refractivity contribution is 5.55. The lowest BCUT2D eigenvalue weighted by Gasteiger charge is -2.18. The van der Waals surface area contributed by atoms with E-state index in [0.717, 1.165) is 5.69 Å². The van der Waals surface area contributed by atoms with Crippen LogP contribution in [-0.4, -0.2) is 12.2 Å². The van der Waals surface area contributed by atoms with Gasteiger partial charge in [0, 0.05) is 17.8 Å². The molecule has 1 atom stereocenters. The summed E-state index contributed by atoms with van der Waals surface area (Å²) in [7, 11) is 1.54. The number of benzene rings is 2. The second kappa shape index (κ2) is 5.65. The first-order valence-electron chi connectivity index (χ1n) is 6.31. The lowest BCUT2D eigenvalue weighted by molar-refractivity contribution is 0.373. The molecule has 2 N–H and O–H groups in total. The summed E-state index contributed by atoms with van der Waals surface area (Å²) in [4.78, 5) is 0. The number of hydrogen-bond donors (Lipinski definition) is 2. The van der Waals surface area contributed by atoms with Crippen molar-refractivity contribution in [1.29, 1.82) is 0 Å². The summed E-state index contributed by atoms with van der Waals surface area (Å²) in [6.45, 7) is 4.20. The third-order valence-electron chi connectivity index (χ3n) is 3.22. The highest BCUT2D eigenvalue weighted by Crippen LogP contribution is 2.30. The molecule has 0 fully saturated rings. The van der Waals surface area contributed by atoms with Crippen LogP contribution in [0, 0.1) is 6.92 Å². The molecular weight excluding hydrogens is 238 g/mol. The molecule has 0 amide bonds. The van der Waals surface area contributed by atoms with Gasteiger partial charge in [-0.15, -0.1) is 0 Å². The Labute approximate surface area is 113 Å². The third-order valence-corrected chi connectivity index (χ3v) is 3.22. The molecule has 19 heavy (non-hydrogen) atoms. The molecule has 3 heteroatoms. The fraction of sp³-hybridized carbons (Fsp3) is 0.250. The number of ether oxygens (including phenoxy) is 1. The van der Waals surface area contributed by atoms with Gasteiger partial charge in [-0.25, -0.2) is 0 Å². The Bertz CT molecular complexity index is 566. The lowest BCUT2D eigenvalue weighted by Crippen LogP contribution is -2.07. The van der Waals surface area contributed by atoms with Gasteiger partial charge in [-0.3, -0.25) is 0 Å². The maximum atomic E-state index is 9.76. The van der Waals surface area contributed by atoms with Crippen LogP contribution >= 0.6 is 0 Å². The molecule has 0 saturated heterocycles. The second-order valence-electron chi connectivity index (χ2n) is 4.61. The summed E-state index contributed by atoms with van der Waals surface area (Å²) >= 11 is 0. The maximum Gasteiger partial charge on any atom is 0.160 e. The van der Waals surface area contributed by atoms with Crippen molar-refractivity contribution in [1.82, 2.24) is 0 Å². The van der Waals surface area contributed by atoms with Crippen molar-refractivity contribution in [3.63, 3.8) is 0 Å². The molecule has 0 saturated carbocycles. The van der Waals surface area contributed by atoms with E-state index in [1.807, 2.05) is 18.2 Å². The number of hydrogen-bond acceptors (Lipinski definition) is 3. The van der Waals surface area contributed by atoms with E-state index in [1.54, 1.807) is 12.1 Å². The van der Waals surface area contributed by atoms with Crippen molar-refractivity contribution in [2.24, 2.45) is 0 Å². The van der Waals surface area contributed by atoms with Crippen molar-refractivity contribution in [3.05, 3.63) is 53.6 Å². The zero-order chi connectivity index (χ0) is 13.8. The van der Waals surface area contributed by atoms with Gasteiger partial charge in [0.25, 0.3) is 0 Å². The normalized spacial score (nSPS) is 11.9. The van der Waals surface area contributed by atoms with E-state index in [9.17, 15) is 5.11 Å². The van der Waals surface area contributed by atoms with E-state index in [4.69, 9.17) is 4.74 Å². The Hall–Kier alpha value is -2.16. The number of nitrogens with one attached hydrogen (secondary N) is 1. The highest BCUT2D eigenvalue weighted by Gasteiger charge is 2.09.